The summed E-state index contributed by atoms with van der Waals surface area (Å²) in [6, 6.07) is 4.34. The first kappa shape index (κ1) is 17.9. The van der Waals surface area contributed by atoms with Crippen LogP contribution in [0, 0.1) is 0 Å². The molecule has 11 nitrogen and oxygen atoms in total. The van der Waals surface area contributed by atoms with E-state index in [1.165, 1.54) is 18.2 Å². The number of carbonyl (C=O) groups is 4. The Bertz CT molecular complexity index is 874. The number of amides is 1. The van der Waals surface area contributed by atoms with Crippen LogP contribution in [0.2, 0.25) is 0 Å². The number of rotatable bonds is 7. The number of aromatic nitrogens is 2. The molecular formula is C14H13N3O8. The van der Waals surface area contributed by atoms with Crippen LogP contribution in [0.25, 0.3) is 11.0 Å². The first-order valence-electron chi connectivity index (χ1n) is 6.78. The van der Waals surface area contributed by atoms with Gasteiger partial charge in [0.25, 0.3) is 5.91 Å². The standard InChI is InChI=1S/C14H13N3O8/c15-12(21)7-2-1-3-8-11(7)16-6-17(8)25-10(20)5-14(24,13(22)23)4-9(18)19/h1-3,6,24H,4-5H2,(H2,15,21)(H,18,19)(H,22,23). The molecule has 0 aliphatic heterocycles. The van der Waals surface area contributed by atoms with Crippen LogP contribution in [0.5, 0.6) is 0 Å². The summed E-state index contributed by atoms with van der Waals surface area (Å²) in [7, 11) is 0. The number of nitrogens with zero attached hydrogens (tertiary/aromatic N) is 2. The number of carboxylic acid groups (broad SMARTS) is 2. The summed E-state index contributed by atoms with van der Waals surface area (Å²) in [6.45, 7) is 0. The first-order valence-corrected chi connectivity index (χ1v) is 6.78. The molecule has 0 aliphatic rings. The number of aliphatic hydroxyl groups is 1. The van der Waals surface area contributed by atoms with Crippen LogP contribution in [0.1, 0.15) is 23.2 Å². The molecule has 1 aromatic heterocycles. The maximum Gasteiger partial charge on any atom is 0.336 e. The Labute approximate surface area is 139 Å². The van der Waals surface area contributed by atoms with Crippen molar-refractivity contribution in [2.45, 2.75) is 18.4 Å². The normalized spacial score (nSPS) is 13.2. The van der Waals surface area contributed by atoms with E-state index in [-0.39, 0.29) is 16.6 Å². The Hall–Kier alpha value is -3.47. The summed E-state index contributed by atoms with van der Waals surface area (Å²) in [5, 5.41) is 27.4. The lowest BCUT2D eigenvalue weighted by Crippen LogP contribution is -2.44. The van der Waals surface area contributed by atoms with Crippen LogP contribution >= 0.6 is 0 Å². The van der Waals surface area contributed by atoms with Crippen molar-refractivity contribution in [2.75, 3.05) is 0 Å². The fourth-order valence-electron chi connectivity index (χ4n) is 2.13. The predicted octanol–water partition coefficient (Wildman–Crippen LogP) is -1.23. The van der Waals surface area contributed by atoms with Crippen LogP contribution in [-0.2, 0) is 14.4 Å². The molecule has 0 bridgehead atoms. The summed E-state index contributed by atoms with van der Waals surface area (Å²) in [5.74, 6) is -5.44. The van der Waals surface area contributed by atoms with Gasteiger partial charge in [0.15, 0.2) is 5.60 Å². The number of para-hydroxylation sites is 1. The molecular weight excluding hydrogens is 338 g/mol. The van der Waals surface area contributed by atoms with Gasteiger partial charge in [0.1, 0.15) is 17.4 Å². The van der Waals surface area contributed by atoms with Gasteiger partial charge in [0, 0.05) is 0 Å². The maximum atomic E-state index is 11.9. The predicted molar refractivity (Wildman–Crippen MR) is 79.3 cm³/mol. The minimum absolute atomic E-state index is 0.0835. The van der Waals surface area contributed by atoms with E-state index in [2.05, 4.69) is 4.98 Å². The fourth-order valence-corrected chi connectivity index (χ4v) is 2.13. The Morgan fingerprint density at radius 2 is 1.88 bits per heavy atom. The highest BCUT2D eigenvalue weighted by atomic mass is 16.7. The summed E-state index contributed by atoms with van der Waals surface area (Å²) in [6.07, 6.45) is -1.25. The highest BCUT2D eigenvalue weighted by molar-refractivity contribution is 6.04. The second-order valence-electron chi connectivity index (χ2n) is 5.16. The first-order chi connectivity index (χ1) is 11.6. The number of nitrogens with two attached hydrogens (primary N) is 1. The lowest BCUT2D eigenvalue weighted by atomic mass is 9.96. The largest absolute Gasteiger partial charge is 0.481 e. The topological polar surface area (TPSA) is 182 Å². The SMILES string of the molecule is NC(=O)c1cccc2c1ncn2OC(=O)CC(O)(CC(=O)O)C(=O)O. The van der Waals surface area contributed by atoms with Gasteiger partial charge in [-0.2, -0.15) is 4.73 Å². The van der Waals surface area contributed by atoms with Gasteiger partial charge in [-0.15, -0.1) is 0 Å². The number of carboxylic acids is 2. The number of aliphatic carboxylic acids is 2. The fraction of sp³-hybridized carbons (Fsp3) is 0.214. The number of imidazole rings is 1. The summed E-state index contributed by atoms with van der Waals surface area (Å²) in [4.78, 5) is 53.7. The number of fused-ring (bicyclic) bond motifs is 1. The Balaban J connectivity index is 2.25. The van der Waals surface area contributed by atoms with Gasteiger partial charge in [-0.25, -0.2) is 14.6 Å². The van der Waals surface area contributed by atoms with Crippen molar-refractivity contribution in [3.63, 3.8) is 0 Å². The van der Waals surface area contributed by atoms with Crippen LogP contribution in [0.3, 0.4) is 0 Å². The molecule has 132 valence electrons. The molecule has 25 heavy (non-hydrogen) atoms. The molecule has 1 heterocycles. The zero-order chi connectivity index (χ0) is 18.8. The van der Waals surface area contributed by atoms with Crippen LogP contribution in [0.4, 0.5) is 0 Å². The molecule has 1 unspecified atom stereocenters. The van der Waals surface area contributed by atoms with Gasteiger partial charge in [-0.3, -0.25) is 9.59 Å². The van der Waals surface area contributed by atoms with Crippen molar-refractivity contribution >= 4 is 34.8 Å². The van der Waals surface area contributed by atoms with Crippen molar-refractivity contribution in [1.82, 2.24) is 9.71 Å². The molecule has 11 heteroatoms. The lowest BCUT2D eigenvalue weighted by Gasteiger charge is -2.20. The molecule has 1 aromatic carbocycles. The van der Waals surface area contributed by atoms with Crippen molar-refractivity contribution in [1.29, 1.82) is 0 Å². The van der Waals surface area contributed by atoms with Gasteiger partial charge in [0.05, 0.1) is 18.4 Å². The molecule has 2 rings (SSSR count). The molecule has 0 spiro atoms. The average Bonchev–Trinajstić information content (AvgIpc) is 2.88. The average molecular weight is 351 g/mol. The molecule has 0 aliphatic carbocycles. The van der Waals surface area contributed by atoms with Crippen LogP contribution in [-0.4, -0.2) is 54.5 Å². The molecule has 0 saturated heterocycles. The Kier molecular flexibility index (Phi) is 4.70. The third kappa shape index (κ3) is 3.72. The number of hydrogen-bond acceptors (Lipinski definition) is 7. The molecule has 1 amide bonds. The van der Waals surface area contributed by atoms with Crippen molar-refractivity contribution in [3.05, 3.63) is 30.1 Å². The minimum atomic E-state index is -2.82. The zero-order valence-corrected chi connectivity index (χ0v) is 12.6. The monoisotopic (exact) mass is 351 g/mol. The molecule has 0 radical (unpaired) electrons. The van der Waals surface area contributed by atoms with Crippen molar-refractivity contribution < 1.29 is 39.3 Å². The second kappa shape index (κ2) is 6.57. The molecule has 5 N–H and O–H groups in total. The van der Waals surface area contributed by atoms with Gasteiger partial charge >= 0.3 is 17.9 Å². The molecule has 0 fully saturated rings. The Morgan fingerprint density at radius 1 is 1.20 bits per heavy atom. The highest BCUT2D eigenvalue weighted by Crippen LogP contribution is 2.19. The lowest BCUT2D eigenvalue weighted by molar-refractivity contribution is -0.171. The minimum Gasteiger partial charge on any atom is -0.481 e. The summed E-state index contributed by atoms with van der Waals surface area (Å²) in [5.41, 5.74) is 2.82. The van der Waals surface area contributed by atoms with Crippen molar-refractivity contribution in [2.24, 2.45) is 5.73 Å². The number of carbonyl (C=O) groups excluding carboxylic acids is 2. The maximum absolute atomic E-state index is 11.9. The zero-order valence-electron chi connectivity index (χ0n) is 12.6. The number of hydrogen-bond donors (Lipinski definition) is 4. The van der Waals surface area contributed by atoms with Gasteiger partial charge in [-0.1, -0.05) is 6.07 Å². The van der Waals surface area contributed by atoms with Crippen LogP contribution in [0.15, 0.2) is 24.5 Å². The van der Waals surface area contributed by atoms with E-state index in [1.54, 1.807) is 0 Å². The third-order valence-corrected chi connectivity index (χ3v) is 3.29. The Morgan fingerprint density at radius 3 is 2.44 bits per heavy atom. The van der Waals surface area contributed by atoms with Gasteiger partial charge in [-0.05, 0) is 12.1 Å². The van der Waals surface area contributed by atoms with E-state index in [0.717, 1.165) is 11.1 Å². The van der Waals surface area contributed by atoms with Gasteiger partial charge < -0.3 is 25.9 Å². The highest BCUT2D eigenvalue weighted by Gasteiger charge is 2.41. The van der Waals surface area contributed by atoms with Crippen LogP contribution < -0.4 is 10.6 Å². The second-order valence-corrected chi connectivity index (χ2v) is 5.16. The molecule has 2 aromatic rings. The van der Waals surface area contributed by atoms with E-state index >= 15 is 0 Å². The van der Waals surface area contributed by atoms with E-state index in [1.807, 2.05) is 0 Å². The van der Waals surface area contributed by atoms with E-state index < -0.39 is 42.3 Å². The number of benzene rings is 1. The summed E-state index contributed by atoms with van der Waals surface area (Å²) < 4.78 is 0.854. The van der Waals surface area contributed by atoms with Crippen molar-refractivity contribution in [3.8, 4) is 0 Å². The quantitative estimate of drug-likeness (QED) is 0.474. The molecule has 0 saturated carbocycles. The van der Waals surface area contributed by atoms with E-state index in [0.29, 0.717) is 0 Å². The van der Waals surface area contributed by atoms with Gasteiger partial charge in [0.2, 0.25) is 0 Å². The third-order valence-electron chi connectivity index (χ3n) is 3.29. The van der Waals surface area contributed by atoms with E-state index in [9.17, 15) is 24.3 Å². The summed E-state index contributed by atoms with van der Waals surface area (Å²) >= 11 is 0. The molecule has 1 atom stereocenters. The number of primary amides is 1. The smallest absolute Gasteiger partial charge is 0.336 e. The van der Waals surface area contributed by atoms with E-state index in [4.69, 9.17) is 20.8 Å².